The third-order valence-corrected chi connectivity index (χ3v) is 3.10. The molecule has 4 nitrogen and oxygen atoms in total. The van der Waals surface area contributed by atoms with Crippen molar-refractivity contribution >= 4 is 27.5 Å². The minimum atomic E-state index is -0.689. The summed E-state index contributed by atoms with van der Waals surface area (Å²) in [6, 6.07) is 10.3. The van der Waals surface area contributed by atoms with Crippen molar-refractivity contribution in [3.63, 3.8) is 0 Å². The Kier molecular flexibility index (Phi) is 4.07. The van der Waals surface area contributed by atoms with Crippen LogP contribution in [-0.4, -0.2) is 10.9 Å². The number of hydrogen-bond donors (Lipinski definition) is 2. The summed E-state index contributed by atoms with van der Waals surface area (Å²) in [5.74, 6) is -0.256. The van der Waals surface area contributed by atoms with Crippen molar-refractivity contribution < 1.29 is 4.79 Å². The van der Waals surface area contributed by atoms with Crippen LogP contribution in [0.4, 0.5) is 5.69 Å². The van der Waals surface area contributed by atoms with E-state index in [4.69, 9.17) is 5.73 Å². The molecule has 2 aromatic rings. The van der Waals surface area contributed by atoms with E-state index < -0.39 is 6.04 Å². The molecule has 0 saturated carbocycles. The van der Waals surface area contributed by atoms with E-state index in [1.165, 1.54) is 0 Å². The molecule has 0 aliphatic carbocycles. The number of halogens is 1. The van der Waals surface area contributed by atoms with Gasteiger partial charge in [-0.15, -0.1) is 0 Å². The summed E-state index contributed by atoms with van der Waals surface area (Å²) in [6.45, 7) is 0. The Labute approximate surface area is 113 Å². The fourth-order valence-electron chi connectivity index (χ4n) is 1.50. The van der Waals surface area contributed by atoms with Gasteiger partial charge in [0.2, 0.25) is 5.91 Å². The van der Waals surface area contributed by atoms with Crippen molar-refractivity contribution in [3.05, 3.63) is 58.8 Å². The first-order valence-electron chi connectivity index (χ1n) is 5.39. The molecular formula is C13H12BrN3O. The van der Waals surface area contributed by atoms with Crippen LogP contribution in [0.2, 0.25) is 0 Å². The van der Waals surface area contributed by atoms with Crippen LogP contribution in [0.3, 0.4) is 0 Å². The predicted octanol–water partition coefficient (Wildman–Crippen LogP) is 2.48. The van der Waals surface area contributed by atoms with E-state index in [0.717, 1.165) is 10.0 Å². The topological polar surface area (TPSA) is 68.0 Å². The van der Waals surface area contributed by atoms with Crippen LogP contribution in [0.1, 0.15) is 11.6 Å². The van der Waals surface area contributed by atoms with Gasteiger partial charge in [-0.3, -0.25) is 9.78 Å². The Bertz CT molecular complexity index is 545. The number of aromatic nitrogens is 1. The Morgan fingerprint density at radius 2 is 2.00 bits per heavy atom. The van der Waals surface area contributed by atoms with Crippen LogP contribution < -0.4 is 11.1 Å². The Balaban J connectivity index is 2.12. The number of nitrogens with zero attached hydrogens (tertiary/aromatic N) is 1. The van der Waals surface area contributed by atoms with E-state index in [1.54, 1.807) is 18.5 Å². The summed E-state index contributed by atoms with van der Waals surface area (Å²) in [4.78, 5) is 15.9. The zero-order chi connectivity index (χ0) is 13.0. The van der Waals surface area contributed by atoms with Gasteiger partial charge in [-0.1, -0.05) is 30.3 Å². The summed E-state index contributed by atoms with van der Waals surface area (Å²) < 4.78 is 0.721. The van der Waals surface area contributed by atoms with Crippen LogP contribution in [0.15, 0.2) is 53.3 Å². The number of carbonyl (C=O) groups excluding carboxylic acids is 1. The maximum absolute atomic E-state index is 12.0. The van der Waals surface area contributed by atoms with Crippen molar-refractivity contribution in [2.45, 2.75) is 6.04 Å². The molecule has 0 aliphatic heterocycles. The van der Waals surface area contributed by atoms with Gasteiger partial charge >= 0.3 is 0 Å². The third kappa shape index (κ3) is 2.94. The molecule has 18 heavy (non-hydrogen) atoms. The molecule has 1 atom stereocenters. The lowest BCUT2D eigenvalue weighted by atomic mass is 10.1. The first-order chi connectivity index (χ1) is 8.68. The Morgan fingerprint density at radius 1 is 1.28 bits per heavy atom. The number of nitrogens with two attached hydrogens (primary N) is 1. The first-order valence-corrected chi connectivity index (χ1v) is 6.18. The number of anilines is 1. The van der Waals surface area contributed by atoms with Gasteiger partial charge in [-0.2, -0.15) is 0 Å². The van der Waals surface area contributed by atoms with E-state index in [-0.39, 0.29) is 5.91 Å². The molecule has 5 heteroatoms. The van der Waals surface area contributed by atoms with Crippen molar-refractivity contribution in [1.29, 1.82) is 0 Å². The van der Waals surface area contributed by atoms with Gasteiger partial charge in [0.1, 0.15) is 6.04 Å². The average molecular weight is 306 g/mol. The highest BCUT2D eigenvalue weighted by molar-refractivity contribution is 9.10. The molecule has 1 aromatic heterocycles. The first kappa shape index (κ1) is 12.7. The third-order valence-electron chi connectivity index (χ3n) is 2.47. The molecule has 0 saturated heterocycles. The van der Waals surface area contributed by atoms with Gasteiger partial charge in [0, 0.05) is 12.4 Å². The smallest absolute Gasteiger partial charge is 0.245 e. The summed E-state index contributed by atoms with van der Waals surface area (Å²) in [5.41, 5.74) is 7.33. The maximum Gasteiger partial charge on any atom is 0.245 e. The largest absolute Gasteiger partial charge is 0.323 e. The number of amides is 1. The lowest BCUT2D eigenvalue weighted by molar-refractivity contribution is -0.117. The summed E-state index contributed by atoms with van der Waals surface area (Å²) in [5, 5.41) is 2.76. The van der Waals surface area contributed by atoms with Gasteiger partial charge in [-0.05, 0) is 27.6 Å². The number of carbonyl (C=O) groups is 1. The molecule has 0 unspecified atom stereocenters. The van der Waals surface area contributed by atoms with Crippen LogP contribution >= 0.6 is 15.9 Å². The van der Waals surface area contributed by atoms with Crippen LogP contribution in [0, 0.1) is 0 Å². The van der Waals surface area contributed by atoms with Crippen molar-refractivity contribution in [2.24, 2.45) is 5.73 Å². The van der Waals surface area contributed by atoms with Gasteiger partial charge in [-0.25, -0.2) is 0 Å². The van der Waals surface area contributed by atoms with E-state index in [2.05, 4.69) is 26.2 Å². The zero-order valence-electron chi connectivity index (χ0n) is 9.51. The lowest BCUT2D eigenvalue weighted by Crippen LogP contribution is -2.27. The van der Waals surface area contributed by atoms with Crippen LogP contribution in [0.5, 0.6) is 0 Å². The number of hydrogen-bond acceptors (Lipinski definition) is 3. The molecule has 92 valence electrons. The zero-order valence-corrected chi connectivity index (χ0v) is 11.1. The molecule has 3 N–H and O–H groups in total. The van der Waals surface area contributed by atoms with Crippen molar-refractivity contribution in [3.8, 4) is 0 Å². The lowest BCUT2D eigenvalue weighted by Gasteiger charge is -2.13. The van der Waals surface area contributed by atoms with E-state index in [0.29, 0.717) is 5.69 Å². The Morgan fingerprint density at radius 3 is 2.67 bits per heavy atom. The maximum atomic E-state index is 12.0. The van der Waals surface area contributed by atoms with Gasteiger partial charge in [0.25, 0.3) is 0 Å². The van der Waals surface area contributed by atoms with E-state index >= 15 is 0 Å². The summed E-state index contributed by atoms with van der Waals surface area (Å²) in [7, 11) is 0. The predicted molar refractivity (Wildman–Crippen MR) is 73.9 cm³/mol. The van der Waals surface area contributed by atoms with Gasteiger partial charge in [0.15, 0.2) is 0 Å². The van der Waals surface area contributed by atoms with Crippen LogP contribution in [-0.2, 0) is 4.79 Å². The Hall–Kier alpha value is -1.72. The minimum Gasteiger partial charge on any atom is -0.323 e. The minimum absolute atomic E-state index is 0.256. The van der Waals surface area contributed by atoms with Crippen molar-refractivity contribution in [2.75, 3.05) is 5.32 Å². The molecule has 0 bridgehead atoms. The second-order valence-electron chi connectivity index (χ2n) is 3.73. The molecule has 0 fully saturated rings. The molecule has 0 aliphatic rings. The quantitative estimate of drug-likeness (QED) is 0.915. The van der Waals surface area contributed by atoms with Crippen LogP contribution in [0.25, 0.3) is 0 Å². The fraction of sp³-hybridized carbons (Fsp3) is 0.0769. The monoisotopic (exact) mass is 305 g/mol. The normalized spacial score (nSPS) is 11.9. The second-order valence-corrected chi connectivity index (χ2v) is 4.59. The number of benzene rings is 1. The second kappa shape index (κ2) is 5.75. The van der Waals surface area contributed by atoms with E-state index in [9.17, 15) is 4.79 Å². The highest BCUT2D eigenvalue weighted by Gasteiger charge is 2.16. The summed E-state index contributed by atoms with van der Waals surface area (Å²) in [6.07, 6.45) is 3.22. The summed E-state index contributed by atoms with van der Waals surface area (Å²) >= 11 is 3.31. The molecule has 1 amide bonds. The van der Waals surface area contributed by atoms with Gasteiger partial charge < -0.3 is 11.1 Å². The fourth-order valence-corrected chi connectivity index (χ4v) is 1.85. The van der Waals surface area contributed by atoms with Gasteiger partial charge in [0.05, 0.1) is 10.2 Å². The molecule has 1 heterocycles. The SMILES string of the molecule is N[C@H](C(=O)Nc1ccncc1Br)c1ccccc1. The molecule has 1 aromatic carbocycles. The standard InChI is InChI=1S/C13H12BrN3O/c14-10-8-16-7-6-11(10)17-13(18)12(15)9-4-2-1-3-5-9/h1-8,12H,15H2,(H,16,17,18)/t12-/m0/s1. The molecule has 0 radical (unpaired) electrons. The molecule has 0 spiro atoms. The highest BCUT2D eigenvalue weighted by Crippen LogP contribution is 2.21. The number of rotatable bonds is 3. The van der Waals surface area contributed by atoms with E-state index in [1.807, 2.05) is 30.3 Å². The average Bonchev–Trinajstić information content (AvgIpc) is 2.41. The van der Waals surface area contributed by atoms with Crippen molar-refractivity contribution in [1.82, 2.24) is 4.98 Å². The molecular weight excluding hydrogens is 294 g/mol. The number of nitrogens with one attached hydrogen (secondary N) is 1. The number of pyridine rings is 1. The molecule has 2 rings (SSSR count). The highest BCUT2D eigenvalue weighted by atomic mass is 79.9.